The van der Waals surface area contributed by atoms with Crippen LogP contribution in [0.4, 0.5) is 0 Å². The molecule has 1 aliphatic rings. The molecule has 2 aromatic rings. The third-order valence-electron chi connectivity index (χ3n) is 4.63. The van der Waals surface area contributed by atoms with Gasteiger partial charge in [0, 0.05) is 24.7 Å². The second kappa shape index (κ2) is 7.95. The molecule has 3 rings (SSSR count). The van der Waals surface area contributed by atoms with E-state index in [1.807, 2.05) is 24.3 Å². The molecule has 0 radical (unpaired) electrons. The van der Waals surface area contributed by atoms with E-state index in [9.17, 15) is 4.79 Å². The normalized spacial score (nSPS) is 15.5. The molecule has 122 valence electrons. The first kappa shape index (κ1) is 15.8. The van der Waals surface area contributed by atoms with Gasteiger partial charge in [-0.2, -0.15) is 0 Å². The minimum atomic E-state index is 0.129. The van der Waals surface area contributed by atoms with Crippen LogP contribution in [0.5, 0.6) is 0 Å². The zero-order chi connectivity index (χ0) is 15.9. The Balaban J connectivity index is 1.51. The van der Waals surface area contributed by atoms with Gasteiger partial charge in [0.05, 0.1) is 6.26 Å². The lowest BCUT2D eigenvalue weighted by Gasteiger charge is -2.21. The Morgan fingerprint density at radius 3 is 2.87 bits per heavy atom. The van der Waals surface area contributed by atoms with Crippen molar-refractivity contribution < 1.29 is 9.21 Å². The molecule has 4 heteroatoms. The summed E-state index contributed by atoms with van der Waals surface area (Å²) >= 11 is 0. The maximum Gasteiger partial charge on any atom is 0.220 e. The van der Waals surface area contributed by atoms with Crippen LogP contribution >= 0.6 is 0 Å². The van der Waals surface area contributed by atoms with Crippen LogP contribution in [0.3, 0.4) is 0 Å². The van der Waals surface area contributed by atoms with Gasteiger partial charge in [-0.3, -0.25) is 9.78 Å². The van der Waals surface area contributed by atoms with Gasteiger partial charge in [0.25, 0.3) is 0 Å². The van der Waals surface area contributed by atoms with Crippen molar-refractivity contribution in [3.05, 3.63) is 42.3 Å². The van der Waals surface area contributed by atoms with E-state index in [-0.39, 0.29) is 5.91 Å². The number of nitrogens with one attached hydrogen (secondary N) is 1. The average Bonchev–Trinajstić information content (AvgIpc) is 3.14. The van der Waals surface area contributed by atoms with E-state index >= 15 is 0 Å². The van der Waals surface area contributed by atoms with E-state index in [0.29, 0.717) is 13.0 Å². The van der Waals surface area contributed by atoms with Crippen molar-refractivity contribution in [3.8, 4) is 11.5 Å². The molecule has 1 aliphatic carbocycles. The summed E-state index contributed by atoms with van der Waals surface area (Å²) in [6.07, 6.45) is 11.6. The van der Waals surface area contributed by atoms with Crippen LogP contribution in [-0.4, -0.2) is 10.9 Å². The van der Waals surface area contributed by atoms with Crippen LogP contribution in [0.25, 0.3) is 11.5 Å². The molecule has 0 aromatic carbocycles. The summed E-state index contributed by atoms with van der Waals surface area (Å²) in [4.78, 5) is 16.5. The Labute approximate surface area is 137 Å². The average molecular weight is 312 g/mol. The summed E-state index contributed by atoms with van der Waals surface area (Å²) in [6, 6.07) is 7.59. The fourth-order valence-corrected chi connectivity index (χ4v) is 3.31. The maximum atomic E-state index is 12.1. The van der Waals surface area contributed by atoms with Gasteiger partial charge in [-0.15, -0.1) is 0 Å². The molecule has 0 atom stereocenters. The minimum absolute atomic E-state index is 0.129. The summed E-state index contributed by atoms with van der Waals surface area (Å²) in [6.45, 7) is 0.493. The third-order valence-corrected chi connectivity index (χ3v) is 4.63. The van der Waals surface area contributed by atoms with Crippen molar-refractivity contribution in [1.82, 2.24) is 10.3 Å². The first-order chi connectivity index (χ1) is 11.3. The topological polar surface area (TPSA) is 55.1 Å². The Bertz CT molecular complexity index is 616. The Kier molecular flexibility index (Phi) is 5.46. The van der Waals surface area contributed by atoms with E-state index in [4.69, 9.17) is 4.42 Å². The second-order valence-electron chi connectivity index (χ2n) is 6.31. The number of furan rings is 1. The molecule has 4 nitrogen and oxygen atoms in total. The van der Waals surface area contributed by atoms with Crippen molar-refractivity contribution in [2.45, 2.75) is 51.5 Å². The van der Waals surface area contributed by atoms with Crippen LogP contribution in [0.2, 0.25) is 0 Å². The van der Waals surface area contributed by atoms with Crippen molar-refractivity contribution in [1.29, 1.82) is 0 Å². The summed E-state index contributed by atoms with van der Waals surface area (Å²) in [5, 5.41) is 3.02. The number of carbonyl (C=O) groups excluding carboxylic acids is 1. The van der Waals surface area contributed by atoms with Gasteiger partial charge in [0.15, 0.2) is 5.76 Å². The van der Waals surface area contributed by atoms with Gasteiger partial charge in [-0.25, -0.2) is 0 Å². The van der Waals surface area contributed by atoms with E-state index in [1.165, 1.54) is 32.1 Å². The highest BCUT2D eigenvalue weighted by atomic mass is 16.3. The molecule has 0 aliphatic heterocycles. The van der Waals surface area contributed by atoms with E-state index < -0.39 is 0 Å². The second-order valence-corrected chi connectivity index (χ2v) is 6.31. The van der Waals surface area contributed by atoms with Crippen molar-refractivity contribution in [2.75, 3.05) is 0 Å². The summed E-state index contributed by atoms with van der Waals surface area (Å²) < 4.78 is 5.42. The quantitative estimate of drug-likeness (QED) is 0.864. The van der Waals surface area contributed by atoms with Gasteiger partial charge < -0.3 is 9.73 Å². The number of hydrogen-bond donors (Lipinski definition) is 1. The molecule has 1 saturated carbocycles. The SMILES string of the molecule is O=C(CCC1CCCCC1)NCc1cccnc1-c1ccco1. The highest BCUT2D eigenvalue weighted by Crippen LogP contribution is 2.27. The van der Waals surface area contributed by atoms with Gasteiger partial charge >= 0.3 is 0 Å². The first-order valence-corrected chi connectivity index (χ1v) is 8.57. The predicted molar refractivity (Wildman–Crippen MR) is 89.6 cm³/mol. The van der Waals surface area contributed by atoms with Crippen LogP contribution < -0.4 is 5.32 Å². The summed E-state index contributed by atoms with van der Waals surface area (Å²) in [5.41, 5.74) is 1.78. The molecule has 1 amide bonds. The minimum Gasteiger partial charge on any atom is -0.463 e. The number of aromatic nitrogens is 1. The van der Waals surface area contributed by atoms with E-state index in [0.717, 1.165) is 29.4 Å². The number of amides is 1. The first-order valence-electron chi connectivity index (χ1n) is 8.57. The molecule has 0 spiro atoms. The van der Waals surface area contributed by atoms with Crippen molar-refractivity contribution >= 4 is 5.91 Å². The van der Waals surface area contributed by atoms with E-state index in [2.05, 4.69) is 10.3 Å². The number of rotatable bonds is 6. The monoisotopic (exact) mass is 312 g/mol. The third kappa shape index (κ3) is 4.44. The molecule has 0 saturated heterocycles. The number of carbonyl (C=O) groups is 1. The molecular formula is C19H24N2O2. The Morgan fingerprint density at radius 1 is 1.22 bits per heavy atom. The van der Waals surface area contributed by atoms with Crippen molar-refractivity contribution in [2.24, 2.45) is 5.92 Å². The van der Waals surface area contributed by atoms with Crippen molar-refractivity contribution in [3.63, 3.8) is 0 Å². The van der Waals surface area contributed by atoms with Gasteiger partial charge in [0.1, 0.15) is 5.69 Å². The largest absolute Gasteiger partial charge is 0.463 e. The van der Waals surface area contributed by atoms with Crippen LogP contribution in [-0.2, 0) is 11.3 Å². The highest BCUT2D eigenvalue weighted by Gasteiger charge is 2.15. The molecule has 2 aromatic heterocycles. The van der Waals surface area contributed by atoms with Gasteiger partial charge in [0.2, 0.25) is 5.91 Å². The zero-order valence-corrected chi connectivity index (χ0v) is 13.5. The number of hydrogen-bond acceptors (Lipinski definition) is 3. The fraction of sp³-hybridized carbons (Fsp3) is 0.474. The lowest BCUT2D eigenvalue weighted by atomic mass is 9.86. The molecular weight excluding hydrogens is 288 g/mol. The maximum absolute atomic E-state index is 12.1. The zero-order valence-electron chi connectivity index (χ0n) is 13.5. The van der Waals surface area contributed by atoms with Crippen LogP contribution in [0.1, 0.15) is 50.5 Å². The lowest BCUT2D eigenvalue weighted by molar-refractivity contribution is -0.121. The number of pyridine rings is 1. The molecule has 1 fully saturated rings. The molecule has 1 N–H and O–H groups in total. The fourth-order valence-electron chi connectivity index (χ4n) is 3.31. The smallest absolute Gasteiger partial charge is 0.220 e. The Hall–Kier alpha value is -2.10. The summed E-state index contributed by atoms with van der Waals surface area (Å²) in [5.74, 6) is 1.61. The van der Waals surface area contributed by atoms with Crippen LogP contribution in [0, 0.1) is 5.92 Å². The standard InChI is InChI=1S/C19H24N2O2/c22-18(11-10-15-6-2-1-3-7-15)21-14-16-8-4-12-20-19(16)17-9-5-13-23-17/h4-5,8-9,12-13,15H,1-3,6-7,10-11,14H2,(H,21,22). The molecule has 2 heterocycles. The predicted octanol–water partition coefficient (Wildman–Crippen LogP) is 4.32. The lowest BCUT2D eigenvalue weighted by Crippen LogP contribution is -2.24. The van der Waals surface area contributed by atoms with Gasteiger partial charge in [-0.05, 0) is 30.5 Å². The van der Waals surface area contributed by atoms with Crippen LogP contribution in [0.15, 0.2) is 41.1 Å². The van der Waals surface area contributed by atoms with Gasteiger partial charge in [-0.1, -0.05) is 38.2 Å². The number of nitrogens with zero attached hydrogens (tertiary/aromatic N) is 1. The van der Waals surface area contributed by atoms with E-state index in [1.54, 1.807) is 12.5 Å². The summed E-state index contributed by atoms with van der Waals surface area (Å²) in [7, 11) is 0. The highest BCUT2D eigenvalue weighted by molar-refractivity contribution is 5.76. The molecule has 0 unspecified atom stereocenters. The molecule has 23 heavy (non-hydrogen) atoms. The Morgan fingerprint density at radius 2 is 2.09 bits per heavy atom. The molecule has 0 bridgehead atoms.